The van der Waals surface area contributed by atoms with Crippen LogP contribution in [0, 0.1) is 11.3 Å². The molecule has 120 valence electrons. The van der Waals surface area contributed by atoms with E-state index in [2.05, 4.69) is 20.5 Å². The van der Waals surface area contributed by atoms with Crippen LogP contribution in [0.1, 0.15) is 22.1 Å². The molecule has 0 bridgehead atoms. The molecule has 0 saturated carbocycles. The maximum absolute atomic E-state index is 11.8. The number of benzene rings is 1. The minimum Gasteiger partial charge on any atom is -0.440 e. The highest BCUT2D eigenvalue weighted by Gasteiger charge is 2.11. The zero-order valence-corrected chi connectivity index (χ0v) is 13.2. The van der Waals surface area contributed by atoms with Crippen molar-refractivity contribution in [2.24, 2.45) is 0 Å². The van der Waals surface area contributed by atoms with Gasteiger partial charge in [-0.2, -0.15) is 10.4 Å². The van der Waals surface area contributed by atoms with Gasteiger partial charge in [-0.3, -0.25) is 9.89 Å². The van der Waals surface area contributed by atoms with Gasteiger partial charge in [-0.15, -0.1) is 0 Å². The Morgan fingerprint density at radius 3 is 2.79 bits per heavy atom. The van der Waals surface area contributed by atoms with E-state index in [9.17, 15) is 4.79 Å². The van der Waals surface area contributed by atoms with Crippen molar-refractivity contribution in [3.05, 3.63) is 58.8 Å². The summed E-state index contributed by atoms with van der Waals surface area (Å²) in [6.45, 7) is 0.358. The number of nitriles is 1. The first-order valence-electron chi connectivity index (χ1n) is 7.11. The molecule has 7 nitrogen and oxygen atoms in total. The van der Waals surface area contributed by atoms with Gasteiger partial charge in [0.1, 0.15) is 11.9 Å². The van der Waals surface area contributed by atoms with Crippen LogP contribution >= 0.6 is 11.6 Å². The summed E-state index contributed by atoms with van der Waals surface area (Å²) < 4.78 is 5.05. The average molecular weight is 342 g/mol. The molecular formula is C16H12ClN5O2. The van der Waals surface area contributed by atoms with E-state index in [1.165, 1.54) is 12.1 Å². The molecule has 1 amide bonds. The van der Waals surface area contributed by atoms with Crippen molar-refractivity contribution in [2.45, 2.75) is 6.42 Å². The average Bonchev–Trinajstić information content (AvgIpc) is 3.24. The van der Waals surface area contributed by atoms with Crippen molar-refractivity contribution in [3.8, 4) is 17.5 Å². The Bertz CT molecular complexity index is 892. The fourth-order valence-electron chi connectivity index (χ4n) is 2.04. The van der Waals surface area contributed by atoms with Crippen LogP contribution in [0.25, 0.3) is 11.4 Å². The molecule has 0 saturated heterocycles. The van der Waals surface area contributed by atoms with Gasteiger partial charge in [0, 0.05) is 23.6 Å². The maximum atomic E-state index is 11.8. The number of aromatic nitrogens is 3. The molecule has 3 aromatic rings. The Morgan fingerprint density at radius 2 is 2.08 bits per heavy atom. The Balaban J connectivity index is 1.55. The lowest BCUT2D eigenvalue weighted by atomic mass is 10.2. The van der Waals surface area contributed by atoms with Crippen LogP contribution in [0.5, 0.6) is 0 Å². The third-order valence-electron chi connectivity index (χ3n) is 3.22. The van der Waals surface area contributed by atoms with Crippen LogP contribution < -0.4 is 5.32 Å². The van der Waals surface area contributed by atoms with Crippen LogP contribution in [0.15, 0.2) is 40.8 Å². The van der Waals surface area contributed by atoms with E-state index < -0.39 is 0 Å². The predicted molar refractivity (Wildman–Crippen MR) is 86.3 cm³/mol. The molecule has 0 spiro atoms. The zero-order chi connectivity index (χ0) is 16.9. The molecule has 0 fully saturated rings. The molecular weight excluding hydrogens is 330 g/mol. The number of aromatic amines is 1. The van der Waals surface area contributed by atoms with Crippen molar-refractivity contribution >= 4 is 17.5 Å². The van der Waals surface area contributed by atoms with Gasteiger partial charge in [0.05, 0.1) is 0 Å². The number of halogens is 1. The smallest absolute Gasteiger partial charge is 0.287 e. The lowest BCUT2D eigenvalue weighted by Gasteiger charge is -2.00. The number of nitrogens with zero attached hydrogens (tertiary/aromatic N) is 3. The number of hydrogen-bond donors (Lipinski definition) is 2. The molecule has 2 heterocycles. The van der Waals surface area contributed by atoms with E-state index >= 15 is 0 Å². The summed E-state index contributed by atoms with van der Waals surface area (Å²) in [5, 5.41) is 19.0. The minimum atomic E-state index is -0.381. The van der Waals surface area contributed by atoms with E-state index in [0.29, 0.717) is 29.6 Å². The number of furan rings is 1. The molecule has 0 aliphatic rings. The van der Waals surface area contributed by atoms with E-state index in [4.69, 9.17) is 21.3 Å². The van der Waals surface area contributed by atoms with Crippen LogP contribution in [-0.2, 0) is 6.42 Å². The Hall–Kier alpha value is -3.11. The second kappa shape index (κ2) is 6.98. The highest BCUT2D eigenvalue weighted by atomic mass is 35.5. The lowest BCUT2D eigenvalue weighted by Crippen LogP contribution is -2.25. The summed E-state index contributed by atoms with van der Waals surface area (Å²) in [6, 6.07) is 11.9. The van der Waals surface area contributed by atoms with E-state index in [0.717, 1.165) is 5.56 Å². The highest BCUT2D eigenvalue weighted by molar-refractivity contribution is 6.30. The monoisotopic (exact) mass is 341 g/mol. The molecule has 1 aromatic carbocycles. The van der Waals surface area contributed by atoms with Gasteiger partial charge in [-0.25, -0.2) is 4.98 Å². The third-order valence-corrected chi connectivity index (χ3v) is 3.47. The fourth-order valence-corrected chi connectivity index (χ4v) is 2.16. The molecule has 0 aliphatic carbocycles. The highest BCUT2D eigenvalue weighted by Crippen LogP contribution is 2.17. The van der Waals surface area contributed by atoms with Crippen molar-refractivity contribution in [1.82, 2.24) is 20.5 Å². The first-order chi connectivity index (χ1) is 11.7. The molecule has 0 unspecified atom stereocenters. The lowest BCUT2D eigenvalue weighted by molar-refractivity contribution is 0.0926. The maximum Gasteiger partial charge on any atom is 0.287 e. The number of H-pyrrole nitrogens is 1. The normalized spacial score (nSPS) is 10.3. The van der Waals surface area contributed by atoms with E-state index in [-0.39, 0.29) is 17.4 Å². The topological polar surface area (TPSA) is 108 Å². The summed E-state index contributed by atoms with van der Waals surface area (Å²) in [7, 11) is 0. The molecule has 3 rings (SSSR count). The standard InChI is InChI=1S/C16H12ClN5O2/c17-11-3-1-10(2-4-11)15-20-14(21-22-15)7-8-19-16(23)13-6-5-12(9-18)24-13/h1-6H,7-8H2,(H,19,23)(H,20,21,22). The molecule has 0 aliphatic heterocycles. The first-order valence-corrected chi connectivity index (χ1v) is 7.49. The van der Waals surface area contributed by atoms with Crippen LogP contribution in [0.3, 0.4) is 0 Å². The SMILES string of the molecule is N#Cc1ccc(C(=O)NCCc2nc(-c3ccc(Cl)cc3)n[nH]2)o1. The largest absolute Gasteiger partial charge is 0.440 e. The van der Waals surface area contributed by atoms with Crippen molar-refractivity contribution < 1.29 is 9.21 Å². The number of rotatable bonds is 5. The van der Waals surface area contributed by atoms with Gasteiger partial charge in [-0.05, 0) is 36.4 Å². The summed E-state index contributed by atoms with van der Waals surface area (Å²) in [4.78, 5) is 16.2. The molecule has 8 heteroatoms. The molecule has 0 radical (unpaired) electrons. The van der Waals surface area contributed by atoms with Gasteiger partial charge in [0.25, 0.3) is 5.91 Å². The quantitative estimate of drug-likeness (QED) is 0.741. The predicted octanol–water partition coefficient (Wildman–Crippen LogP) is 2.56. The second-order valence-corrected chi connectivity index (χ2v) is 5.33. The summed E-state index contributed by atoms with van der Waals surface area (Å²) in [5.74, 6) is 1.04. The summed E-state index contributed by atoms with van der Waals surface area (Å²) in [6.07, 6.45) is 0.484. The molecule has 24 heavy (non-hydrogen) atoms. The Labute approximate surface area is 142 Å². The summed E-state index contributed by atoms with van der Waals surface area (Å²) in [5.41, 5.74) is 0.852. The zero-order valence-electron chi connectivity index (χ0n) is 12.4. The van der Waals surface area contributed by atoms with Crippen molar-refractivity contribution in [3.63, 3.8) is 0 Å². The minimum absolute atomic E-state index is 0.1000. The fraction of sp³-hybridized carbons (Fsp3) is 0.125. The molecule has 2 aromatic heterocycles. The molecule has 2 N–H and O–H groups in total. The van der Waals surface area contributed by atoms with Crippen molar-refractivity contribution in [2.75, 3.05) is 6.54 Å². The van der Waals surface area contributed by atoms with E-state index in [1.54, 1.807) is 12.1 Å². The number of nitrogens with one attached hydrogen (secondary N) is 2. The number of carbonyl (C=O) groups is 1. The number of carbonyl (C=O) groups excluding carboxylic acids is 1. The van der Waals surface area contributed by atoms with Crippen LogP contribution in [-0.4, -0.2) is 27.6 Å². The Morgan fingerprint density at radius 1 is 1.29 bits per heavy atom. The third kappa shape index (κ3) is 3.62. The Kier molecular flexibility index (Phi) is 4.59. The van der Waals surface area contributed by atoms with Gasteiger partial charge < -0.3 is 9.73 Å². The van der Waals surface area contributed by atoms with Gasteiger partial charge in [0.2, 0.25) is 5.76 Å². The molecule has 0 atom stereocenters. The van der Waals surface area contributed by atoms with Crippen LogP contribution in [0.4, 0.5) is 0 Å². The van der Waals surface area contributed by atoms with Gasteiger partial charge in [0.15, 0.2) is 11.6 Å². The van der Waals surface area contributed by atoms with Crippen molar-refractivity contribution in [1.29, 1.82) is 5.26 Å². The van der Waals surface area contributed by atoms with Gasteiger partial charge in [-0.1, -0.05) is 11.6 Å². The second-order valence-electron chi connectivity index (χ2n) is 4.89. The first kappa shape index (κ1) is 15.8. The van der Waals surface area contributed by atoms with E-state index in [1.807, 2.05) is 18.2 Å². The number of hydrogen-bond acceptors (Lipinski definition) is 5. The summed E-state index contributed by atoms with van der Waals surface area (Å²) >= 11 is 5.85. The number of amides is 1. The van der Waals surface area contributed by atoms with Gasteiger partial charge >= 0.3 is 0 Å². The van der Waals surface area contributed by atoms with Crippen LogP contribution in [0.2, 0.25) is 5.02 Å².